The van der Waals surface area contributed by atoms with E-state index >= 15 is 0 Å². The van der Waals surface area contributed by atoms with Crippen LogP contribution in [0.1, 0.15) is 6.92 Å². The molecule has 0 rings (SSSR count). The summed E-state index contributed by atoms with van der Waals surface area (Å²) in [5, 5.41) is 4.96. The van der Waals surface area contributed by atoms with Gasteiger partial charge in [0.2, 0.25) is 0 Å². The number of nitrogens with two attached hydrogens (primary N) is 1. The average molecular weight is 137 g/mol. The van der Waals surface area contributed by atoms with Gasteiger partial charge in [0, 0.05) is 7.11 Å². The third-order valence-corrected chi connectivity index (χ3v) is 1.73. The second-order valence-corrected chi connectivity index (χ2v) is 3.06. The molecule has 0 heterocycles. The van der Waals surface area contributed by atoms with Crippen molar-refractivity contribution in [1.82, 2.24) is 0 Å². The van der Waals surface area contributed by atoms with Gasteiger partial charge in [-0.25, -0.2) is 4.21 Å². The Morgan fingerprint density at radius 3 is 2.50 bits per heavy atom. The summed E-state index contributed by atoms with van der Waals surface area (Å²) in [4.78, 5) is 0. The van der Waals surface area contributed by atoms with Gasteiger partial charge in [0.05, 0.1) is 22.8 Å². The van der Waals surface area contributed by atoms with E-state index in [1.54, 1.807) is 14.0 Å². The Balaban J connectivity index is 3.32. The summed E-state index contributed by atoms with van der Waals surface area (Å²) < 4.78 is 15.0. The Morgan fingerprint density at radius 1 is 1.88 bits per heavy atom. The first-order valence-electron chi connectivity index (χ1n) is 2.32. The van der Waals surface area contributed by atoms with Gasteiger partial charge in [-0.1, -0.05) is 0 Å². The molecule has 0 aliphatic heterocycles. The van der Waals surface area contributed by atoms with Crippen molar-refractivity contribution in [2.45, 2.75) is 12.2 Å². The van der Waals surface area contributed by atoms with Gasteiger partial charge in [0.15, 0.2) is 0 Å². The van der Waals surface area contributed by atoms with Crippen molar-refractivity contribution in [3.05, 3.63) is 0 Å². The lowest BCUT2D eigenvalue weighted by atomic mass is 10.5. The fraction of sp³-hybridized carbons (Fsp3) is 1.00. The summed E-state index contributed by atoms with van der Waals surface area (Å²) in [6.07, 6.45) is 0. The highest BCUT2D eigenvalue weighted by molar-refractivity contribution is 7.83. The van der Waals surface area contributed by atoms with Crippen molar-refractivity contribution in [3.8, 4) is 0 Å². The third kappa shape index (κ3) is 3.12. The first kappa shape index (κ1) is 8.07. The molecule has 0 saturated heterocycles. The van der Waals surface area contributed by atoms with Gasteiger partial charge in [-0.05, 0) is 6.92 Å². The highest BCUT2D eigenvalue weighted by Gasteiger charge is 2.03. The van der Waals surface area contributed by atoms with Crippen LogP contribution in [0.3, 0.4) is 0 Å². The second kappa shape index (κ2) is 4.00. The minimum Gasteiger partial charge on any atom is -0.383 e. The summed E-state index contributed by atoms with van der Waals surface area (Å²) in [6, 6.07) is 0. The number of rotatable bonds is 3. The second-order valence-electron chi connectivity index (χ2n) is 1.59. The monoisotopic (exact) mass is 137 g/mol. The molecule has 3 nitrogen and oxygen atoms in total. The lowest BCUT2D eigenvalue weighted by Crippen LogP contribution is -2.22. The van der Waals surface area contributed by atoms with Crippen LogP contribution in [0.15, 0.2) is 0 Å². The van der Waals surface area contributed by atoms with Gasteiger partial charge in [-0.2, -0.15) is 0 Å². The molecule has 0 spiro atoms. The minimum absolute atomic E-state index is 0.0556. The largest absolute Gasteiger partial charge is 0.383 e. The maximum absolute atomic E-state index is 10.3. The molecule has 0 amide bonds. The molecule has 2 unspecified atom stereocenters. The van der Waals surface area contributed by atoms with E-state index in [-0.39, 0.29) is 5.25 Å². The Morgan fingerprint density at radius 2 is 2.38 bits per heavy atom. The van der Waals surface area contributed by atoms with E-state index in [4.69, 9.17) is 9.88 Å². The molecule has 2 N–H and O–H groups in total. The van der Waals surface area contributed by atoms with E-state index in [0.717, 1.165) is 0 Å². The lowest BCUT2D eigenvalue weighted by molar-refractivity contribution is 0.202. The molecule has 4 heteroatoms. The summed E-state index contributed by atoms with van der Waals surface area (Å²) in [7, 11) is 0.324. The van der Waals surface area contributed by atoms with Gasteiger partial charge >= 0.3 is 0 Å². The van der Waals surface area contributed by atoms with Crippen molar-refractivity contribution in [2.24, 2.45) is 5.14 Å². The molecular formula is C4H11NO2S. The predicted molar refractivity (Wildman–Crippen MR) is 33.7 cm³/mol. The van der Waals surface area contributed by atoms with Gasteiger partial charge < -0.3 is 4.74 Å². The third-order valence-electron chi connectivity index (χ3n) is 0.798. The molecule has 0 fully saturated rings. The minimum atomic E-state index is -1.24. The molecule has 8 heavy (non-hydrogen) atoms. The zero-order valence-corrected chi connectivity index (χ0v) is 5.90. The van der Waals surface area contributed by atoms with Crippen LogP contribution in [-0.4, -0.2) is 23.2 Å². The zero-order chi connectivity index (χ0) is 6.57. The summed E-state index contributed by atoms with van der Waals surface area (Å²) in [5.74, 6) is 0. The van der Waals surface area contributed by atoms with Gasteiger partial charge in [0.25, 0.3) is 0 Å². The number of hydrogen-bond donors (Lipinski definition) is 1. The molecule has 50 valence electrons. The van der Waals surface area contributed by atoms with E-state index in [9.17, 15) is 4.21 Å². The number of ether oxygens (including phenoxy) is 1. The van der Waals surface area contributed by atoms with E-state index in [1.165, 1.54) is 0 Å². The molecule has 0 aromatic carbocycles. The molecule has 2 atom stereocenters. The first-order valence-corrected chi connectivity index (χ1v) is 3.60. The highest BCUT2D eigenvalue weighted by atomic mass is 32.2. The summed E-state index contributed by atoms with van der Waals surface area (Å²) >= 11 is 0. The molecule has 0 aliphatic carbocycles. The zero-order valence-electron chi connectivity index (χ0n) is 5.09. The Labute approximate surface area is 51.8 Å². The van der Waals surface area contributed by atoms with Gasteiger partial charge in [-0.15, -0.1) is 0 Å². The lowest BCUT2D eigenvalue weighted by Gasteiger charge is -2.03. The molecule has 0 bridgehead atoms. The fourth-order valence-electron chi connectivity index (χ4n) is 0.302. The Kier molecular flexibility index (Phi) is 4.03. The van der Waals surface area contributed by atoms with Crippen molar-refractivity contribution in [2.75, 3.05) is 13.7 Å². The molecule has 0 radical (unpaired) electrons. The van der Waals surface area contributed by atoms with Crippen LogP contribution in [0.2, 0.25) is 0 Å². The van der Waals surface area contributed by atoms with Gasteiger partial charge in [0.1, 0.15) is 0 Å². The Bertz CT molecular complexity index is 86.1. The van der Waals surface area contributed by atoms with Crippen LogP contribution in [0.5, 0.6) is 0 Å². The number of methoxy groups -OCH3 is 1. The van der Waals surface area contributed by atoms with Crippen molar-refractivity contribution < 1.29 is 8.95 Å². The van der Waals surface area contributed by atoms with Crippen molar-refractivity contribution >= 4 is 11.0 Å². The maximum Gasteiger partial charge on any atom is 0.0940 e. The molecule has 0 aromatic rings. The van der Waals surface area contributed by atoms with E-state index in [1.807, 2.05) is 0 Å². The van der Waals surface area contributed by atoms with Crippen LogP contribution in [0, 0.1) is 0 Å². The van der Waals surface area contributed by atoms with E-state index < -0.39 is 11.0 Å². The molecule has 0 saturated carbocycles. The molecule has 0 aliphatic rings. The SMILES string of the molecule is COCC(C)S(N)=O. The summed E-state index contributed by atoms with van der Waals surface area (Å²) in [5.41, 5.74) is 0. The topological polar surface area (TPSA) is 52.3 Å². The van der Waals surface area contributed by atoms with Crippen LogP contribution in [0.25, 0.3) is 0 Å². The van der Waals surface area contributed by atoms with Crippen LogP contribution < -0.4 is 5.14 Å². The van der Waals surface area contributed by atoms with Gasteiger partial charge in [-0.3, -0.25) is 5.14 Å². The summed E-state index contributed by atoms with van der Waals surface area (Å²) in [6.45, 7) is 2.24. The average Bonchev–Trinajstić information content (AvgIpc) is 1.67. The van der Waals surface area contributed by atoms with Crippen molar-refractivity contribution in [3.63, 3.8) is 0 Å². The molecular weight excluding hydrogens is 126 g/mol. The fourth-order valence-corrected chi connectivity index (χ4v) is 0.572. The van der Waals surface area contributed by atoms with Crippen LogP contribution >= 0.6 is 0 Å². The quantitative estimate of drug-likeness (QED) is 0.577. The number of hydrogen-bond acceptors (Lipinski definition) is 2. The first-order chi connectivity index (χ1) is 3.68. The highest BCUT2D eigenvalue weighted by Crippen LogP contribution is 1.87. The van der Waals surface area contributed by atoms with Crippen molar-refractivity contribution in [1.29, 1.82) is 0 Å². The normalized spacial score (nSPS) is 17.9. The van der Waals surface area contributed by atoms with Crippen LogP contribution in [-0.2, 0) is 15.7 Å². The Hall–Kier alpha value is 0.0700. The smallest absolute Gasteiger partial charge is 0.0940 e. The maximum atomic E-state index is 10.3. The molecule has 0 aromatic heterocycles. The van der Waals surface area contributed by atoms with E-state index in [2.05, 4.69) is 0 Å². The van der Waals surface area contributed by atoms with Crippen LogP contribution in [0.4, 0.5) is 0 Å². The van der Waals surface area contributed by atoms with E-state index in [0.29, 0.717) is 6.61 Å². The predicted octanol–water partition coefficient (Wildman–Crippen LogP) is -0.356. The standard InChI is InChI=1S/C4H11NO2S/c1-4(3-7-2)8(5)6/h4H,3,5H2,1-2H3.